The SMILES string of the molecule is CCN(C)c1cnn(CCCC2CCCN2)c(=O)c1. The fourth-order valence-electron chi connectivity index (χ4n) is 2.47. The summed E-state index contributed by atoms with van der Waals surface area (Å²) in [5.74, 6) is 0. The molecule has 19 heavy (non-hydrogen) atoms. The van der Waals surface area contributed by atoms with E-state index in [4.69, 9.17) is 0 Å². The second-order valence-electron chi connectivity index (χ2n) is 5.22. The smallest absolute Gasteiger partial charge is 0.268 e. The summed E-state index contributed by atoms with van der Waals surface area (Å²) >= 11 is 0. The Morgan fingerprint density at radius 1 is 1.58 bits per heavy atom. The Bertz CT molecular complexity index is 451. The highest BCUT2D eigenvalue weighted by atomic mass is 16.1. The molecule has 1 aromatic heterocycles. The molecule has 1 aromatic rings. The average Bonchev–Trinajstić information content (AvgIpc) is 2.93. The van der Waals surface area contributed by atoms with Crippen molar-refractivity contribution in [1.82, 2.24) is 15.1 Å². The summed E-state index contributed by atoms with van der Waals surface area (Å²) in [7, 11) is 1.96. The lowest BCUT2D eigenvalue weighted by atomic mass is 10.1. The molecule has 2 rings (SSSR count). The molecule has 106 valence electrons. The summed E-state index contributed by atoms with van der Waals surface area (Å²) in [6, 6.07) is 2.31. The van der Waals surface area contributed by atoms with E-state index in [2.05, 4.69) is 17.3 Å². The zero-order chi connectivity index (χ0) is 13.7. The van der Waals surface area contributed by atoms with Gasteiger partial charge in [0.05, 0.1) is 11.9 Å². The Morgan fingerprint density at radius 2 is 2.42 bits per heavy atom. The van der Waals surface area contributed by atoms with Crippen LogP contribution in [0.4, 0.5) is 5.69 Å². The van der Waals surface area contributed by atoms with E-state index in [1.54, 1.807) is 16.9 Å². The van der Waals surface area contributed by atoms with Crippen molar-refractivity contribution in [1.29, 1.82) is 0 Å². The van der Waals surface area contributed by atoms with Gasteiger partial charge in [-0.1, -0.05) is 0 Å². The molecule has 0 spiro atoms. The highest BCUT2D eigenvalue weighted by Crippen LogP contribution is 2.11. The van der Waals surface area contributed by atoms with Crippen LogP contribution in [0.1, 0.15) is 32.6 Å². The highest BCUT2D eigenvalue weighted by Gasteiger charge is 2.13. The Balaban J connectivity index is 1.88. The van der Waals surface area contributed by atoms with Crippen molar-refractivity contribution in [3.8, 4) is 0 Å². The molecule has 0 saturated carbocycles. The third-order valence-corrected chi connectivity index (χ3v) is 3.86. The first-order chi connectivity index (χ1) is 9.20. The van der Waals surface area contributed by atoms with Crippen molar-refractivity contribution in [3.63, 3.8) is 0 Å². The predicted molar refractivity (Wildman–Crippen MR) is 77.7 cm³/mol. The van der Waals surface area contributed by atoms with Gasteiger partial charge >= 0.3 is 0 Å². The van der Waals surface area contributed by atoms with Gasteiger partial charge < -0.3 is 10.2 Å². The third kappa shape index (κ3) is 3.80. The number of nitrogens with zero attached hydrogens (tertiary/aromatic N) is 3. The van der Waals surface area contributed by atoms with Crippen molar-refractivity contribution in [2.75, 3.05) is 25.0 Å². The van der Waals surface area contributed by atoms with E-state index in [0.717, 1.165) is 31.6 Å². The fourth-order valence-corrected chi connectivity index (χ4v) is 2.47. The second kappa shape index (κ2) is 6.70. The van der Waals surface area contributed by atoms with Crippen LogP contribution in [-0.2, 0) is 6.54 Å². The van der Waals surface area contributed by atoms with Crippen LogP contribution in [0.15, 0.2) is 17.1 Å². The predicted octanol–water partition coefficient (Wildman–Crippen LogP) is 1.23. The fraction of sp³-hybridized carbons (Fsp3) is 0.714. The molecule has 1 fully saturated rings. The minimum atomic E-state index is -0.00261. The quantitative estimate of drug-likeness (QED) is 0.839. The Hall–Kier alpha value is -1.36. The molecule has 1 saturated heterocycles. The van der Waals surface area contributed by atoms with Crippen LogP contribution >= 0.6 is 0 Å². The van der Waals surface area contributed by atoms with Crippen molar-refractivity contribution >= 4 is 5.69 Å². The number of aryl methyl sites for hydroxylation is 1. The van der Waals surface area contributed by atoms with Crippen LogP contribution in [0.3, 0.4) is 0 Å². The van der Waals surface area contributed by atoms with E-state index in [-0.39, 0.29) is 5.56 Å². The summed E-state index contributed by atoms with van der Waals surface area (Å²) in [5, 5.41) is 7.73. The molecule has 0 aromatic carbocycles. The summed E-state index contributed by atoms with van der Waals surface area (Å²) in [4.78, 5) is 14.0. The van der Waals surface area contributed by atoms with Gasteiger partial charge in [-0.2, -0.15) is 5.10 Å². The maximum Gasteiger partial charge on any atom is 0.268 e. The van der Waals surface area contributed by atoms with Crippen LogP contribution < -0.4 is 15.8 Å². The molecule has 0 bridgehead atoms. The van der Waals surface area contributed by atoms with Crippen LogP contribution in [-0.4, -0.2) is 36.0 Å². The minimum Gasteiger partial charge on any atom is -0.373 e. The van der Waals surface area contributed by atoms with Crippen molar-refractivity contribution in [2.24, 2.45) is 0 Å². The lowest BCUT2D eigenvalue weighted by Gasteiger charge is -2.16. The normalized spacial score (nSPS) is 18.7. The topological polar surface area (TPSA) is 50.2 Å². The zero-order valence-electron chi connectivity index (χ0n) is 11.9. The molecule has 5 nitrogen and oxygen atoms in total. The van der Waals surface area contributed by atoms with E-state index >= 15 is 0 Å². The molecule has 5 heteroatoms. The maximum atomic E-state index is 11.9. The van der Waals surface area contributed by atoms with Crippen molar-refractivity contribution in [2.45, 2.75) is 45.2 Å². The molecule has 1 aliphatic heterocycles. The second-order valence-corrected chi connectivity index (χ2v) is 5.22. The largest absolute Gasteiger partial charge is 0.373 e. The van der Waals surface area contributed by atoms with E-state index < -0.39 is 0 Å². The standard InChI is InChI=1S/C14H24N4O/c1-3-17(2)13-10-14(19)18(16-11-13)9-5-7-12-6-4-8-15-12/h10-12,15H,3-9H2,1-2H3. The van der Waals surface area contributed by atoms with Gasteiger partial charge in [-0.25, -0.2) is 4.68 Å². The number of hydrogen-bond acceptors (Lipinski definition) is 4. The molecule has 0 aliphatic carbocycles. The summed E-state index contributed by atoms with van der Waals surface area (Å²) in [6.07, 6.45) is 6.46. The molecule has 2 heterocycles. The molecule has 1 aliphatic rings. The zero-order valence-corrected chi connectivity index (χ0v) is 11.9. The van der Waals surface area contributed by atoms with Crippen LogP contribution in [0.5, 0.6) is 0 Å². The van der Waals surface area contributed by atoms with E-state index in [0.29, 0.717) is 12.6 Å². The minimum absolute atomic E-state index is 0.00261. The first-order valence-electron chi connectivity index (χ1n) is 7.22. The van der Waals surface area contributed by atoms with Gasteiger partial charge in [0.1, 0.15) is 0 Å². The summed E-state index contributed by atoms with van der Waals surface area (Å²) in [5.41, 5.74) is 0.887. The van der Waals surface area contributed by atoms with Gasteiger partial charge in [0, 0.05) is 32.2 Å². The van der Waals surface area contributed by atoms with E-state index in [1.807, 2.05) is 11.9 Å². The lowest BCUT2D eigenvalue weighted by Crippen LogP contribution is -2.27. The lowest BCUT2D eigenvalue weighted by molar-refractivity contribution is 0.472. The van der Waals surface area contributed by atoms with Gasteiger partial charge in [0.25, 0.3) is 5.56 Å². The van der Waals surface area contributed by atoms with Gasteiger partial charge in [-0.05, 0) is 39.2 Å². The number of anilines is 1. The Morgan fingerprint density at radius 3 is 3.05 bits per heavy atom. The summed E-state index contributed by atoms with van der Waals surface area (Å²) in [6.45, 7) is 4.78. The molecular weight excluding hydrogens is 240 g/mol. The molecule has 0 amide bonds. The Labute approximate surface area is 114 Å². The van der Waals surface area contributed by atoms with Crippen LogP contribution in [0.25, 0.3) is 0 Å². The Kier molecular flexibility index (Phi) is 4.96. The van der Waals surface area contributed by atoms with E-state index in [9.17, 15) is 4.79 Å². The van der Waals surface area contributed by atoms with Gasteiger partial charge in [0.2, 0.25) is 0 Å². The highest BCUT2D eigenvalue weighted by molar-refractivity contribution is 5.41. The number of nitrogens with one attached hydrogen (secondary N) is 1. The van der Waals surface area contributed by atoms with Crippen molar-refractivity contribution < 1.29 is 0 Å². The monoisotopic (exact) mass is 264 g/mol. The molecule has 1 atom stereocenters. The van der Waals surface area contributed by atoms with Gasteiger partial charge in [-0.15, -0.1) is 0 Å². The molecular formula is C14H24N4O. The summed E-state index contributed by atoms with van der Waals surface area (Å²) < 4.78 is 1.57. The number of hydrogen-bond donors (Lipinski definition) is 1. The third-order valence-electron chi connectivity index (χ3n) is 3.86. The molecule has 0 radical (unpaired) electrons. The molecule has 1 unspecified atom stereocenters. The molecule has 1 N–H and O–H groups in total. The first-order valence-corrected chi connectivity index (χ1v) is 7.22. The van der Waals surface area contributed by atoms with Crippen molar-refractivity contribution in [3.05, 3.63) is 22.6 Å². The van der Waals surface area contributed by atoms with E-state index in [1.165, 1.54) is 12.8 Å². The average molecular weight is 264 g/mol. The first kappa shape index (κ1) is 14.1. The number of rotatable bonds is 6. The number of aromatic nitrogens is 2. The van der Waals surface area contributed by atoms with Gasteiger partial charge in [-0.3, -0.25) is 4.79 Å². The maximum absolute atomic E-state index is 11.9. The van der Waals surface area contributed by atoms with Crippen LogP contribution in [0, 0.1) is 0 Å². The van der Waals surface area contributed by atoms with Crippen LogP contribution in [0.2, 0.25) is 0 Å². The van der Waals surface area contributed by atoms with Gasteiger partial charge in [0.15, 0.2) is 0 Å².